The summed E-state index contributed by atoms with van der Waals surface area (Å²) in [5, 5.41) is 17.4. The standard InChI is InChI=1S/C21H22ClN5O4/c1-11-4-6-14(7-5-11)17-8-15(26-31-17)12(2)23-20-24-18(22)9-19(25-20)27-16(13(3)28)10-30-21(27)29/h4-9,12-13,16,28H,10H2,1-3H3,(H,23,24,25)/t12-,13+,16+/m0/s1. The Kier molecular flexibility index (Phi) is 5.79. The quantitative estimate of drug-likeness (QED) is 0.550. The summed E-state index contributed by atoms with van der Waals surface area (Å²) in [6, 6.07) is 10.4. The number of carbonyl (C=O) groups is 1. The molecule has 1 fully saturated rings. The molecule has 1 amide bonds. The van der Waals surface area contributed by atoms with Crippen LogP contribution < -0.4 is 10.2 Å². The second kappa shape index (κ2) is 8.52. The second-order valence-corrected chi connectivity index (χ2v) is 7.86. The SMILES string of the molecule is Cc1ccc(-c2cc([C@H](C)Nc3nc(Cl)cc(N4C(=O)OC[C@@H]4[C@@H](C)O)n3)no2)cc1. The molecule has 3 atom stereocenters. The fourth-order valence-electron chi connectivity index (χ4n) is 3.26. The molecular formula is C21H22ClN5O4. The first-order chi connectivity index (χ1) is 14.8. The molecule has 1 aliphatic heterocycles. The number of aliphatic hydroxyl groups excluding tert-OH is 1. The van der Waals surface area contributed by atoms with Crippen molar-refractivity contribution in [3.8, 4) is 11.3 Å². The molecule has 2 aromatic heterocycles. The Morgan fingerprint density at radius 3 is 2.68 bits per heavy atom. The van der Waals surface area contributed by atoms with Crippen LogP contribution in [0.4, 0.5) is 16.6 Å². The lowest BCUT2D eigenvalue weighted by atomic mass is 10.1. The molecule has 3 aromatic rings. The number of rotatable bonds is 6. The third-order valence-electron chi connectivity index (χ3n) is 5.04. The molecule has 162 valence electrons. The van der Waals surface area contributed by atoms with E-state index in [9.17, 15) is 9.90 Å². The zero-order valence-corrected chi connectivity index (χ0v) is 18.0. The van der Waals surface area contributed by atoms with Crippen molar-refractivity contribution in [2.75, 3.05) is 16.8 Å². The van der Waals surface area contributed by atoms with E-state index in [4.69, 9.17) is 20.9 Å². The summed E-state index contributed by atoms with van der Waals surface area (Å²) in [5.74, 6) is 1.10. The fraction of sp³-hybridized carbons (Fsp3) is 0.333. The molecule has 0 saturated carbocycles. The van der Waals surface area contributed by atoms with Gasteiger partial charge in [0.05, 0.1) is 12.1 Å². The van der Waals surface area contributed by atoms with Gasteiger partial charge in [-0.25, -0.2) is 9.78 Å². The molecule has 1 aromatic carbocycles. The van der Waals surface area contributed by atoms with Gasteiger partial charge in [-0.05, 0) is 20.8 Å². The first-order valence-corrected chi connectivity index (χ1v) is 10.2. The molecule has 4 rings (SSSR count). The van der Waals surface area contributed by atoms with Crippen LogP contribution in [0.25, 0.3) is 11.3 Å². The Bertz CT molecular complexity index is 1090. The number of aryl methyl sites for hydroxylation is 1. The number of nitrogens with zero attached hydrogens (tertiary/aromatic N) is 4. The summed E-state index contributed by atoms with van der Waals surface area (Å²) in [6.45, 7) is 5.55. The Balaban J connectivity index is 1.54. The largest absolute Gasteiger partial charge is 0.447 e. The highest BCUT2D eigenvalue weighted by Gasteiger charge is 2.38. The maximum atomic E-state index is 12.2. The first kappa shape index (κ1) is 21.1. The van der Waals surface area contributed by atoms with Gasteiger partial charge >= 0.3 is 6.09 Å². The van der Waals surface area contributed by atoms with Crippen LogP contribution in [0.15, 0.2) is 40.9 Å². The van der Waals surface area contributed by atoms with Crippen LogP contribution in [-0.4, -0.2) is 45.1 Å². The predicted molar refractivity (Wildman–Crippen MR) is 115 cm³/mol. The van der Waals surface area contributed by atoms with Gasteiger partial charge in [-0.2, -0.15) is 4.98 Å². The van der Waals surface area contributed by atoms with Crippen molar-refractivity contribution in [3.05, 3.63) is 52.8 Å². The van der Waals surface area contributed by atoms with Crippen LogP contribution in [-0.2, 0) is 4.74 Å². The molecule has 0 aliphatic carbocycles. The molecule has 1 saturated heterocycles. The summed E-state index contributed by atoms with van der Waals surface area (Å²) in [4.78, 5) is 22.0. The van der Waals surface area contributed by atoms with Crippen molar-refractivity contribution < 1.29 is 19.2 Å². The molecule has 0 bridgehead atoms. The van der Waals surface area contributed by atoms with Gasteiger partial charge in [0.25, 0.3) is 0 Å². The van der Waals surface area contributed by atoms with Gasteiger partial charge in [-0.1, -0.05) is 46.6 Å². The van der Waals surface area contributed by atoms with Crippen molar-refractivity contribution in [2.24, 2.45) is 0 Å². The molecule has 0 spiro atoms. The van der Waals surface area contributed by atoms with Crippen LogP contribution in [0.3, 0.4) is 0 Å². The molecule has 0 radical (unpaired) electrons. The Morgan fingerprint density at radius 1 is 1.23 bits per heavy atom. The van der Waals surface area contributed by atoms with Crippen molar-refractivity contribution in [1.29, 1.82) is 0 Å². The maximum Gasteiger partial charge on any atom is 0.416 e. The minimum atomic E-state index is -0.800. The summed E-state index contributed by atoms with van der Waals surface area (Å²) < 4.78 is 10.5. The normalized spacial score (nSPS) is 18.0. The summed E-state index contributed by atoms with van der Waals surface area (Å²) in [7, 11) is 0. The number of aromatic nitrogens is 3. The maximum absolute atomic E-state index is 12.2. The third kappa shape index (κ3) is 4.47. The van der Waals surface area contributed by atoms with Gasteiger partial charge in [-0.3, -0.25) is 4.90 Å². The number of amides is 1. The van der Waals surface area contributed by atoms with Crippen LogP contribution in [0.2, 0.25) is 5.15 Å². The van der Waals surface area contributed by atoms with E-state index in [1.54, 1.807) is 6.92 Å². The van der Waals surface area contributed by atoms with E-state index in [0.29, 0.717) is 11.5 Å². The Hall–Kier alpha value is -3.17. The van der Waals surface area contributed by atoms with Crippen molar-refractivity contribution >= 4 is 29.5 Å². The molecule has 31 heavy (non-hydrogen) atoms. The average molecular weight is 444 g/mol. The minimum absolute atomic E-state index is 0.0675. The van der Waals surface area contributed by atoms with E-state index >= 15 is 0 Å². The number of ether oxygens (including phenoxy) is 1. The zero-order chi connectivity index (χ0) is 22.1. The average Bonchev–Trinajstić information content (AvgIpc) is 3.35. The van der Waals surface area contributed by atoms with E-state index in [-0.39, 0.29) is 29.6 Å². The van der Waals surface area contributed by atoms with Gasteiger partial charge in [-0.15, -0.1) is 0 Å². The van der Waals surface area contributed by atoms with E-state index in [1.165, 1.54) is 11.0 Å². The van der Waals surface area contributed by atoms with Crippen molar-refractivity contribution in [1.82, 2.24) is 15.1 Å². The zero-order valence-electron chi connectivity index (χ0n) is 17.2. The lowest BCUT2D eigenvalue weighted by Crippen LogP contribution is -2.41. The minimum Gasteiger partial charge on any atom is -0.447 e. The first-order valence-electron chi connectivity index (χ1n) is 9.80. The number of aliphatic hydroxyl groups is 1. The fourth-order valence-corrected chi connectivity index (χ4v) is 3.44. The van der Waals surface area contributed by atoms with E-state index in [1.807, 2.05) is 44.2 Å². The monoisotopic (exact) mass is 443 g/mol. The van der Waals surface area contributed by atoms with E-state index in [0.717, 1.165) is 11.1 Å². The molecule has 1 aliphatic rings. The number of hydrogen-bond acceptors (Lipinski definition) is 8. The topological polar surface area (TPSA) is 114 Å². The lowest BCUT2D eigenvalue weighted by Gasteiger charge is -2.23. The van der Waals surface area contributed by atoms with Crippen LogP contribution in [0, 0.1) is 6.92 Å². The van der Waals surface area contributed by atoms with Crippen LogP contribution >= 0.6 is 11.6 Å². The number of anilines is 2. The smallest absolute Gasteiger partial charge is 0.416 e. The molecule has 3 heterocycles. The highest BCUT2D eigenvalue weighted by molar-refractivity contribution is 6.29. The van der Waals surface area contributed by atoms with Gasteiger partial charge < -0.3 is 19.7 Å². The molecular weight excluding hydrogens is 422 g/mol. The van der Waals surface area contributed by atoms with Gasteiger partial charge in [0.15, 0.2) is 5.76 Å². The van der Waals surface area contributed by atoms with Crippen molar-refractivity contribution in [3.63, 3.8) is 0 Å². The summed E-state index contributed by atoms with van der Waals surface area (Å²) >= 11 is 6.16. The second-order valence-electron chi connectivity index (χ2n) is 7.48. The Labute approximate surface area is 184 Å². The third-order valence-corrected chi connectivity index (χ3v) is 5.24. The lowest BCUT2D eigenvalue weighted by molar-refractivity contribution is 0.142. The van der Waals surface area contributed by atoms with Gasteiger partial charge in [0.2, 0.25) is 5.95 Å². The highest BCUT2D eigenvalue weighted by atomic mass is 35.5. The van der Waals surface area contributed by atoms with Crippen LogP contribution in [0.5, 0.6) is 0 Å². The number of nitrogens with one attached hydrogen (secondary N) is 1. The highest BCUT2D eigenvalue weighted by Crippen LogP contribution is 2.28. The number of carbonyl (C=O) groups excluding carboxylic acids is 1. The van der Waals surface area contributed by atoms with Crippen LogP contribution in [0.1, 0.15) is 31.1 Å². The number of halogens is 1. The number of hydrogen-bond donors (Lipinski definition) is 2. The molecule has 9 nitrogen and oxygen atoms in total. The summed E-state index contributed by atoms with van der Waals surface area (Å²) in [6.07, 6.45) is -1.40. The predicted octanol–water partition coefficient (Wildman–Crippen LogP) is 3.97. The molecule has 2 N–H and O–H groups in total. The Morgan fingerprint density at radius 2 is 1.97 bits per heavy atom. The van der Waals surface area contributed by atoms with Gasteiger partial charge in [0.1, 0.15) is 29.3 Å². The number of cyclic esters (lactones) is 1. The summed E-state index contributed by atoms with van der Waals surface area (Å²) in [5.41, 5.74) is 2.74. The van der Waals surface area contributed by atoms with Crippen molar-refractivity contribution in [2.45, 2.75) is 39.0 Å². The van der Waals surface area contributed by atoms with Gasteiger partial charge in [0, 0.05) is 17.7 Å². The van der Waals surface area contributed by atoms with E-state index < -0.39 is 18.2 Å². The van der Waals surface area contributed by atoms with E-state index in [2.05, 4.69) is 20.4 Å². The molecule has 10 heteroatoms. The number of benzene rings is 1. The molecule has 0 unspecified atom stereocenters.